The van der Waals surface area contributed by atoms with Crippen molar-refractivity contribution in [2.45, 2.75) is 11.4 Å². The monoisotopic (exact) mass is 448 g/mol. The highest BCUT2D eigenvalue weighted by Gasteiger charge is 2.14. The normalized spacial score (nSPS) is 11.1. The van der Waals surface area contributed by atoms with Gasteiger partial charge in [0.2, 0.25) is 10.0 Å². The van der Waals surface area contributed by atoms with Crippen molar-refractivity contribution in [2.75, 3.05) is 6.61 Å². The lowest BCUT2D eigenvalue weighted by Crippen LogP contribution is -2.28. The van der Waals surface area contributed by atoms with Crippen molar-refractivity contribution in [1.82, 2.24) is 5.32 Å². The molecule has 0 bridgehead atoms. The van der Waals surface area contributed by atoms with Crippen molar-refractivity contribution in [3.63, 3.8) is 0 Å². The molecule has 0 aliphatic carbocycles. The number of nitrogens with two attached hydrogens (primary N) is 1. The third-order valence-corrected chi connectivity index (χ3v) is 6.06. The number of rotatable bonds is 7. The molecule has 7 nitrogen and oxygen atoms in total. The number of hydrogen-bond acceptors (Lipinski definition) is 6. The summed E-state index contributed by atoms with van der Waals surface area (Å²) in [5, 5.41) is 7.60. The Kier molecular flexibility index (Phi) is 6.60. The zero-order chi connectivity index (χ0) is 21.7. The number of primary sulfonamides is 1. The van der Waals surface area contributed by atoms with Crippen LogP contribution in [0.5, 0.6) is 0 Å². The maximum absolute atomic E-state index is 13.0. The molecule has 1 aromatic heterocycles. The molecule has 0 saturated heterocycles. The van der Waals surface area contributed by atoms with Gasteiger partial charge in [0.1, 0.15) is 10.7 Å². The second kappa shape index (κ2) is 9.16. The topological polar surface area (TPSA) is 116 Å². The molecule has 3 rings (SSSR count). The van der Waals surface area contributed by atoms with E-state index in [4.69, 9.17) is 9.88 Å². The van der Waals surface area contributed by atoms with Crippen molar-refractivity contribution in [3.05, 3.63) is 76.9 Å². The molecule has 0 saturated carbocycles. The number of amides is 1. The molecule has 0 aliphatic rings. The minimum Gasteiger partial charge on any atom is -0.451 e. The Balaban J connectivity index is 1.49. The molecule has 30 heavy (non-hydrogen) atoms. The summed E-state index contributed by atoms with van der Waals surface area (Å²) in [5.74, 6) is -1.49. The smallest absolute Gasteiger partial charge is 0.348 e. The highest BCUT2D eigenvalue weighted by atomic mass is 32.2. The van der Waals surface area contributed by atoms with Crippen LogP contribution in [0.1, 0.15) is 15.2 Å². The van der Waals surface area contributed by atoms with E-state index in [0.717, 1.165) is 10.4 Å². The van der Waals surface area contributed by atoms with E-state index in [2.05, 4.69) is 5.32 Å². The molecule has 2 aromatic carbocycles. The molecular weight excluding hydrogens is 431 g/mol. The first kappa shape index (κ1) is 21.6. The fraction of sp³-hybridized carbons (Fsp3) is 0.100. The van der Waals surface area contributed by atoms with Crippen LogP contribution in [0.2, 0.25) is 0 Å². The van der Waals surface area contributed by atoms with Crippen LogP contribution < -0.4 is 10.5 Å². The number of hydrogen-bond donors (Lipinski definition) is 2. The molecule has 156 valence electrons. The van der Waals surface area contributed by atoms with Gasteiger partial charge >= 0.3 is 5.97 Å². The molecule has 0 aliphatic heterocycles. The van der Waals surface area contributed by atoms with E-state index in [1.165, 1.54) is 47.7 Å². The number of ether oxygens (including phenoxy) is 1. The molecule has 0 unspecified atom stereocenters. The van der Waals surface area contributed by atoms with Crippen LogP contribution in [-0.4, -0.2) is 26.9 Å². The number of carbonyl (C=O) groups is 2. The summed E-state index contributed by atoms with van der Waals surface area (Å²) in [4.78, 5) is 25.1. The third kappa shape index (κ3) is 5.72. The fourth-order valence-electron chi connectivity index (χ4n) is 2.47. The second-order valence-electron chi connectivity index (χ2n) is 6.21. The van der Waals surface area contributed by atoms with E-state index in [9.17, 15) is 22.4 Å². The van der Waals surface area contributed by atoms with Gasteiger partial charge in [-0.15, -0.1) is 11.3 Å². The Morgan fingerprint density at radius 1 is 1.00 bits per heavy atom. The summed E-state index contributed by atoms with van der Waals surface area (Å²) in [6, 6.07) is 14.9. The van der Waals surface area contributed by atoms with Gasteiger partial charge in [-0.1, -0.05) is 24.3 Å². The molecule has 3 aromatic rings. The lowest BCUT2D eigenvalue weighted by molar-refractivity contribution is -0.124. The minimum absolute atomic E-state index is 0.0255. The maximum atomic E-state index is 13.0. The highest BCUT2D eigenvalue weighted by molar-refractivity contribution is 7.89. The summed E-state index contributed by atoms with van der Waals surface area (Å²) >= 11 is 1.18. The van der Waals surface area contributed by atoms with Gasteiger partial charge in [-0.3, -0.25) is 4.79 Å². The highest BCUT2D eigenvalue weighted by Crippen LogP contribution is 2.28. The number of nitrogens with one attached hydrogen (secondary N) is 1. The van der Waals surface area contributed by atoms with Crippen molar-refractivity contribution in [1.29, 1.82) is 0 Å². The Morgan fingerprint density at radius 2 is 1.67 bits per heavy atom. The predicted molar refractivity (Wildman–Crippen MR) is 110 cm³/mol. The van der Waals surface area contributed by atoms with Crippen LogP contribution in [0.4, 0.5) is 4.39 Å². The summed E-state index contributed by atoms with van der Waals surface area (Å²) < 4.78 is 40.5. The van der Waals surface area contributed by atoms with Gasteiger partial charge in [0.25, 0.3) is 5.91 Å². The van der Waals surface area contributed by atoms with Crippen LogP contribution >= 0.6 is 11.3 Å². The standard InChI is InChI=1S/C20H17FN2O5S2/c21-15-5-3-14(4-6-15)17-9-10-18(29-17)20(25)28-12-19(24)23-11-13-1-7-16(8-2-13)30(22,26)27/h1-10H,11-12H2,(H,23,24)(H2,22,26,27). The van der Waals surface area contributed by atoms with E-state index in [0.29, 0.717) is 10.4 Å². The van der Waals surface area contributed by atoms with Crippen molar-refractivity contribution < 1.29 is 27.1 Å². The van der Waals surface area contributed by atoms with Gasteiger partial charge in [-0.2, -0.15) is 0 Å². The zero-order valence-corrected chi connectivity index (χ0v) is 17.1. The molecule has 1 amide bonds. The first-order chi connectivity index (χ1) is 14.2. The number of thiophene rings is 1. The first-order valence-corrected chi connectivity index (χ1v) is 11.0. The van der Waals surface area contributed by atoms with E-state index in [1.807, 2.05) is 0 Å². The molecule has 0 spiro atoms. The van der Waals surface area contributed by atoms with Crippen LogP contribution in [0.25, 0.3) is 10.4 Å². The van der Waals surface area contributed by atoms with E-state index in [1.54, 1.807) is 24.3 Å². The average molecular weight is 448 g/mol. The van der Waals surface area contributed by atoms with E-state index < -0.39 is 28.5 Å². The van der Waals surface area contributed by atoms with E-state index >= 15 is 0 Å². The van der Waals surface area contributed by atoms with Crippen LogP contribution in [0.15, 0.2) is 65.6 Å². The third-order valence-electron chi connectivity index (χ3n) is 4.01. The minimum atomic E-state index is -3.77. The largest absolute Gasteiger partial charge is 0.451 e. The van der Waals surface area contributed by atoms with Gasteiger partial charge in [-0.05, 0) is 47.5 Å². The number of esters is 1. The molecule has 10 heteroatoms. The zero-order valence-electron chi connectivity index (χ0n) is 15.5. The van der Waals surface area contributed by atoms with Crippen LogP contribution in [0, 0.1) is 5.82 Å². The van der Waals surface area contributed by atoms with Gasteiger partial charge < -0.3 is 10.1 Å². The van der Waals surface area contributed by atoms with Crippen molar-refractivity contribution in [2.24, 2.45) is 5.14 Å². The molecule has 3 N–H and O–H groups in total. The Bertz CT molecular complexity index is 1160. The Morgan fingerprint density at radius 3 is 2.30 bits per heavy atom. The van der Waals surface area contributed by atoms with Gasteiger partial charge in [0.15, 0.2) is 6.61 Å². The molecule has 0 radical (unpaired) electrons. The summed E-state index contributed by atoms with van der Waals surface area (Å²) in [7, 11) is -3.77. The summed E-state index contributed by atoms with van der Waals surface area (Å²) in [6.45, 7) is -0.327. The second-order valence-corrected chi connectivity index (χ2v) is 8.86. The van der Waals surface area contributed by atoms with E-state index in [-0.39, 0.29) is 17.3 Å². The lowest BCUT2D eigenvalue weighted by atomic mass is 10.2. The van der Waals surface area contributed by atoms with Crippen LogP contribution in [-0.2, 0) is 26.1 Å². The number of carbonyl (C=O) groups excluding carboxylic acids is 2. The number of benzene rings is 2. The predicted octanol–water partition coefficient (Wildman–Crippen LogP) is 2.67. The maximum Gasteiger partial charge on any atom is 0.348 e. The van der Waals surface area contributed by atoms with Gasteiger partial charge in [0, 0.05) is 11.4 Å². The summed E-state index contributed by atoms with van der Waals surface area (Å²) in [5.41, 5.74) is 1.43. The van der Waals surface area contributed by atoms with Crippen molar-refractivity contribution >= 4 is 33.2 Å². The Labute approximate surface area is 176 Å². The SMILES string of the molecule is NS(=O)(=O)c1ccc(CNC(=O)COC(=O)c2ccc(-c3ccc(F)cc3)s2)cc1. The molecule has 1 heterocycles. The average Bonchev–Trinajstić information content (AvgIpc) is 3.21. The first-order valence-electron chi connectivity index (χ1n) is 8.64. The fourth-order valence-corrected chi connectivity index (χ4v) is 3.89. The molecule has 0 atom stereocenters. The number of halogens is 1. The summed E-state index contributed by atoms with van der Waals surface area (Å²) in [6.07, 6.45) is 0. The quantitative estimate of drug-likeness (QED) is 0.539. The van der Waals surface area contributed by atoms with Gasteiger partial charge in [-0.25, -0.2) is 22.7 Å². The van der Waals surface area contributed by atoms with Crippen molar-refractivity contribution in [3.8, 4) is 10.4 Å². The van der Waals surface area contributed by atoms with Crippen LogP contribution in [0.3, 0.4) is 0 Å². The number of sulfonamides is 1. The lowest BCUT2D eigenvalue weighted by Gasteiger charge is -2.07. The Hall–Kier alpha value is -3.08. The molecule has 0 fully saturated rings. The molecular formula is C20H17FN2O5S2. The van der Waals surface area contributed by atoms with Gasteiger partial charge in [0.05, 0.1) is 4.90 Å².